The van der Waals surface area contributed by atoms with E-state index in [2.05, 4.69) is 10.3 Å². The summed E-state index contributed by atoms with van der Waals surface area (Å²) >= 11 is 0. The van der Waals surface area contributed by atoms with Gasteiger partial charge in [-0.05, 0) is 56.5 Å². The predicted molar refractivity (Wildman–Crippen MR) is 115 cm³/mol. The molecular formula is C23H22F3N3O2. The topological polar surface area (TPSA) is 65.2 Å². The van der Waals surface area contributed by atoms with Gasteiger partial charge in [0.05, 0.1) is 11.3 Å². The molecule has 1 fully saturated rings. The van der Waals surface area contributed by atoms with E-state index in [-0.39, 0.29) is 17.3 Å². The molecule has 4 rings (SSSR count). The largest absolute Gasteiger partial charge is 0.418 e. The number of alkyl halides is 3. The number of halogens is 3. The van der Waals surface area contributed by atoms with E-state index in [0.29, 0.717) is 23.1 Å². The number of aromatic amines is 1. The van der Waals surface area contributed by atoms with Gasteiger partial charge >= 0.3 is 6.18 Å². The number of piperidine rings is 1. The minimum atomic E-state index is -4.66. The number of rotatable bonds is 3. The minimum absolute atomic E-state index is 0.145. The second-order valence-corrected chi connectivity index (χ2v) is 7.80. The molecule has 0 bridgehead atoms. The second kappa shape index (κ2) is 8.09. The Kier molecular flexibility index (Phi) is 5.47. The van der Waals surface area contributed by atoms with Crippen LogP contribution in [-0.4, -0.2) is 23.5 Å². The summed E-state index contributed by atoms with van der Waals surface area (Å²) in [5.41, 5.74) is -1.09. The van der Waals surface area contributed by atoms with Crippen molar-refractivity contribution in [3.8, 4) is 0 Å². The number of hydrogen-bond acceptors (Lipinski definition) is 3. The first-order chi connectivity index (χ1) is 14.8. The number of nitrogens with zero attached hydrogens (tertiary/aromatic N) is 1. The van der Waals surface area contributed by atoms with E-state index in [9.17, 15) is 22.8 Å². The van der Waals surface area contributed by atoms with Crippen molar-refractivity contribution in [3.63, 3.8) is 0 Å². The first-order valence-electron chi connectivity index (χ1n) is 10.2. The van der Waals surface area contributed by atoms with Crippen molar-refractivity contribution in [2.45, 2.75) is 38.4 Å². The minimum Gasteiger partial charge on any atom is -0.369 e. The molecule has 0 unspecified atom stereocenters. The molecule has 2 N–H and O–H groups in total. The molecule has 162 valence electrons. The normalized spacial score (nSPS) is 17.0. The van der Waals surface area contributed by atoms with E-state index < -0.39 is 23.1 Å². The number of carbonyl (C=O) groups is 1. The van der Waals surface area contributed by atoms with Gasteiger partial charge < -0.3 is 15.2 Å². The molecule has 5 nitrogen and oxygen atoms in total. The molecule has 1 amide bonds. The van der Waals surface area contributed by atoms with Crippen LogP contribution in [0.2, 0.25) is 0 Å². The van der Waals surface area contributed by atoms with Crippen LogP contribution < -0.4 is 15.6 Å². The number of nitrogens with one attached hydrogen (secondary N) is 2. The molecule has 3 aromatic rings. The van der Waals surface area contributed by atoms with Gasteiger partial charge in [0.1, 0.15) is 5.56 Å². The van der Waals surface area contributed by atoms with Crippen LogP contribution >= 0.6 is 0 Å². The van der Waals surface area contributed by atoms with Crippen molar-refractivity contribution in [2.24, 2.45) is 0 Å². The van der Waals surface area contributed by atoms with Gasteiger partial charge in [-0.25, -0.2) is 0 Å². The van der Waals surface area contributed by atoms with Crippen LogP contribution in [0.25, 0.3) is 10.9 Å². The molecule has 2 aromatic carbocycles. The van der Waals surface area contributed by atoms with Gasteiger partial charge in [0.25, 0.3) is 5.91 Å². The van der Waals surface area contributed by atoms with Gasteiger partial charge in [0, 0.05) is 35.4 Å². The highest BCUT2D eigenvalue weighted by Gasteiger charge is 2.35. The molecule has 0 saturated carbocycles. The Morgan fingerprint density at radius 1 is 1.16 bits per heavy atom. The van der Waals surface area contributed by atoms with E-state index >= 15 is 0 Å². The Labute approximate surface area is 176 Å². The van der Waals surface area contributed by atoms with Gasteiger partial charge in [-0.2, -0.15) is 13.2 Å². The summed E-state index contributed by atoms with van der Waals surface area (Å²) in [7, 11) is 0. The molecule has 1 aliphatic rings. The number of amides is 1. The highest BCUT2D eigenvalue weighted by Crippen LogP contribution is 2.38. The Morgan fingerprint density at radius 2 is 1.94 bits per heavy atom. The lowest BCUT2D eigenvalue weighted by Gasteiger charge is -2.36. The number of benzene rings is 2. The van der Waals surface area contributed by atoms with Crippen molar-refractivity contribution in [1.29, 1.82) is 0 Å². The maximum atomic E-state index is 13.8. The van der Waals surface area contributed by atoms with E-state index in [0.717, 1.165) is 25.3 Å². The first kappa shape index (κ1) is 21.0. The number of aromatic nitrogens is 1. The smallest absolute Gasteiger partial charge is 0.369 e. The zero-order chi connectivity index (χ0) is 22.2. The average molecular weight is 429 g/mol. The van der Waals surface area contributed by atoms with Crippen LogP contribution in [0, 0.1) is 0 Å². The molecular weight excluding hydrogens is 407 g/mol. The molecule has 1 aliphatic heterocycles. The van der Waals surface area contributed by atoms with Gasteiger partial charge in [0.15, 0.2) is 0 Å². The van der Waals surface area contributed by atoms with Crippen LogP contribution in [-0.2, 0) is 6.18 Å². The molecule has 31 heavy (non-hydrogen) atoms. The number of carbonyl (C=O) groups excluding carboxylic acids is 1. The molecule has 0 aliphatic carbocycles. The zero-order valence-corrected chi connectivity index (χ0v) is 16.9. The average Bonchev–Trinajstić information content (AvgIpc) is 2.74. The third-order valence-electron chi connectivity index (χ3n) is 5.72. The summed E-state index contributed by atoms with van der Waals surface area (Å²) in [4.78, 5) is 30.1. The Hall–Kier alpha value is -3.29. The standard InChI is InChI=1S/C23H22F3N3O2/c1-14-6-4-5-11-29(14)15-9-10-20(18(12-15)23(24,25)26)28-22(31)17-13-27-19-8-3-2-7-16(19)21(17)30/h2-3,7-10,12-14H,4-6,11H2,1H3,(H,27,30)(H,28,31)/t14-/m0/s1. The van der Waals surface area contributed by atoms with Crippen LogP contribution in [0.4, 0.5) is 24.5 Å². The van der Waals surface area contributed by atoms with E-state index in [1.54, 1.807) is 30.3 Å². The quantitative estimate of drug-likeness (QED) is 0.603. The fraction of sp³-hybridized carbons (Fsp3) is 0.304. The van der Waals surface area contributed by atoms with Crippen molar-refractivity contribution in [2.75, 3.05) is 16.8 Å². The maximum Gasteiger partial charge on any atom is 0.418 e. The lowest BCUT2D eigenvalue weighted by molar-refractivity contribution is -0.136. The van der Waals surface area contributed by atoms with E-state index in [1.807, 2.05) is 11.8 Å². The Balaban J connectivity index is 1.68. The van der Waals surface area contributed by atoms with Crippen LogP contribution in [0.5, 0.6) is 0 Å². The van der Waals surface area contributed by atoms with Gasteiger partial charge in [0.2, 0.25) is 5.43 Å². The number of H-pyrrole nitrogens is 1. The third-order valence-corrected chi connectivity index (χ3v) is 5.72. The van der Waals surface area contributed by atoms with Crippen molar-refractivity contribution < 1.29 is 18.0 Å². The lowest BCUT2D eigenvalue weighted by Crippen LogP contribution is -2.37. The second-order valence-electron chi connectivity index (χ2n) is 7.80. The summed E-state index contributed by atoms with van der Waals surface area (Å²) in [6.07, 6.45) is -0.539. The summed E-state index contributed by atoms with van der Waals surface area (Å²) in [6, 6.07) is 10.7. The molecule has 1 atom stereocenters. The summed E-state index contributed by atoms with van der Waals surface area (Å²) < 4.78 is 41.4. The molecule has 1 aromatic heterocycles. The highest BCUT2D eigenvalue weighted by molar-refractivity contribution is 6.06. The summed E-state index contributed by atoms with van der Waals surface area (Å²) in [5.74, 6) is -0.892. The highest BCUT2D eigenvalue weighted by atomic mass is 19.4. The molecule has 0 spiro atoms. The number of fused-ring (bicyclic) bond motifs is 1. The Morgan fingerprint density at radius 3 is 2.68 bits per heavy atom. The fourth-order valence-corrected chi connectivity index (χ4v) is 4.06. The monoisotopic (exact) mass is 429 g/mol. The zero-order valence-electron chi connectivity index (χ0n) is 16.9. The van der Waals surface area contributed by atoms with Gasteiger partial charge in [-0.3, -0.25) is 9.59 Å². The van der Waals surface area contributed by atoms with Gasteiger partial charge in [-0.15, -0.1) is 0 Å². The lowest BCUT2D eigenvalue weighted by atomic mass is 10.0. The SMILES string of the molecule is C[C@H]1CCCCN1c1ccc(NC(=O)c2c[nH]c3ccccc3c2=O)c(C(F)(F)F)c1. The van der Waals surface area contributed by atoms with Crippen LogP contribution in [0.1, 0.15) is 42.1 Å². The summed E-state index contributed by atoms with van der Waals surface area (Å²) in [5, 5.41) is 2.58. The molecule has 2 heterocycles. The molecule has 0 radical (unpaired) electrons. The number of pyridine rings is 1. The third kappa shape index (κ3) is 4.15. The van der Waals surface area contributed by atoms with Gasteiger partial charge in [-0.1, -0.05) is 12.1 Å². The van der Waals surface area contributed by atoms with Crippen LogP contribution in [0.3, 0.4) is 0 Å². The van der Waals surface area contributed by atoms with Crippen molar-refractivity contribution in [1.82, 2.24) is 4.98 Å². The molecule has 8 heteroatoms. The predicted octanol–water partition coefficient (Wildman–Crippen LogP) is 5.18. The first-order valence-corrected chi connectivity index (χ1v) is 10.2. The number of hydrogen-bond donors (Lipinski definition) is 2. The van der Waals surface area contributed by atoms with E-state index in [4.69, 9.17) is 0 Å². The van der Waals surface area contributed by atoms with Crippen molar-refractivity contribution in [3.05, 3.63) is 70.0 Å². The van der Waals surface area contributed by atoms with Crippen molar-refractivity contribution >= 4 is 28.2 Å². The van der Waals surface area contributed by atoms with Crippen LogP contribution in [0.15, 0.2) is 53.5 Å². The number of para-hydroxylation sites is 1. The maximum absolute atomic E-state index is 13.8. The Bertz CT molecular complexity index is 1190. The summed E-state index contributed by atoms with van der Waals surface area (Å²) in [6.45, 7) is 2.69. The van der Waals surface area contributed by atoms with E-state index in [1.165, 1.54) is 12.3 Å². The fourth-order valence-electron chi connectivity index (χ4n) is 4.06. The number of anilines is 2. The molecule has 1 saturated heterocycles.